The Bertz CT molecular complexity index is 324. The summed E-state index contributed by atoms with van der Waals surface area (Å²) in [6, 6.07) is 8.26. The fourth-order valence-corrected chi connectivity index (χ4v) is 2.22. The number of hydrogen-bond donors (Lipinski definition) is 1. The molecule has 1 aromatic carbocycles. The third-order valence-electron chi connectivity index (χ3n) is 3.44. The zero-order chi connectivity index (χ0) is 12.7. The van der Waals surface area contributed by atoms with Gasteiger partial charge < -0.3 is 10.5 Å². The van der Waals surface area contributed by atoms with Crippen LogP contribution in [0.4, 0.5) is 0 Å². The molecule has 2 heteroatoms. The summed E-state index contributed by atoms with van der Waals surface area (Å²) in [4.78, 5) is 0. The lowest BCUT2D eigenvalue weighted by atomic mass is 9.87. The van der Waals surface area contributed by atoms with Crippen molar-refractivity contribution in [2.45, 2.75) is 45.6 Å². The second-order valence-electron chi connectivity index (χ2n) is 4.61. The molecule has 0 aliphatic heterocycles. The summed E-state index contributed by atoms with van der Waals surface area (Å²) in [5.41, 5.74) is 7.55. The highest BCUT2D eigenvalue weighted by molar-refractivity contribution is 5.30. The topological polar surface area (TPSA) is 35.2 Å². The van der Waals surface area contributed by atoms with Gasteiger partial charge in [-0.15, -0.1) is 0 Å². The molecule has 17 heavy (non-hydrogen) atoms. The van der Waals surface area contributed by atoms with E-state index in [2.05, 4.69) is 26.0 Å². The number of benzene rings is 1. The number of hydrogen-bond acceptors (Lipinski definition) is 2. The molecule has 0 aliphatic carbocycles. The van der Waals surface area contributed by atoms with E-state index in [0.717, 1.165) is 12.2 Å². The average Bonchev–Trinajstić information content (AvgIpc) is 2.39. The minimum absolute atomic E-state index is 0.127. The lowest BCUT2D eigenvalue weighted by molar-refractivity contribution is 0.375. The predicted molar refractivity (Wildman–Crippen MR) is 73.2 cm³/mol. The van der Waals surface area contributed by atoms with E-state index in [1.54, 1.807) is 7.11 Å². The second-order valence-corrected chi connectivity index (χ2v) is 4.61. The van der Waals surface area contributed by atoms with Crippen molar-refractivity contribution in [3.8, 4) is 5.75 Å². The Labute approximate surface area is 105 Å². The van der Waals surface area contributed by atoms with Gasteiger partial charge >= 0.3 is 0 Å². The summed E-state index contributed by atoms with van der Waals surface area (Å²) >= 11 is 0. The van der Waals surface area contributed by atoms with Crippen molar-refractivity contribution in [2.75, 3.05) is 7.11 Å². The number of ether oxygens (including phenoxy) is 1. The molecule has 0 radical (unpaired) electrons. The van der Waals surface area contributed by atoms with Crippen LogP contribution in [-0.4, -0.2) is 7.11 Å². The fourth-order valence-electron chi connectivity index (χ4n) is 2.22. The molecule has 2 unspecified atom stereocenters. The third-order valence-corrected chi connectivity index (χ3v) is 3.44. The first kappa shape index (κ1) is 14.0. The Morgan fingerprint density at radius 3 is 2.65 bits per heavy atom. The van der Waals surface area contributed by atoms with Crippen molar-refractivity contribution in [3.63, 3.8) is 0 Å². The average molecular weight is 235 g/mol. The molecule has 1 aromatic rings. The summed E-state index contributed by atoms with van der Waals surface area (Å²) in [5, 5.41) is 0. The molecule has 0 fully saturated rings. The molecule has 0 saturated heterocycles. The number of rotatable bonds is 7. The number of unbranched alkanes of at least 4 members (excludes halogenated alkanes) is 1. The van der Waals surface area contributed by atoms with E-state index in [9.17, 15) is 0 Å². The van der Waals surface area contributed by atoms with Gasteiger partial charge in [-0.1, -0.05) is 45.2 Å². The van der Waals surface area contributed by atoms with Crippen molar-refractivity contribution in [1.29, 1.82) is 0 Å². The van der Waals surface area contributed by atoms with Gasteiger partial charge in [-0.25, -0.2) is 0 Å². The summed E-state index contributed by atoms with van der Waals surface area (Å²) in [6.45, 7) is 4.45. The van der Waals surface area contributed by atoms with E-state index < -0.39 is 0 Å². The van der Waals surface area contributed by atoms with E-state index >= 15 is 0 Å². The molecule has 0 bridgehead atoms. The van der Waals surface area contributed by atoms with E-state index in [1.165, 1.54) is 24.8 Å². The first-order valence-corrected chi connectivity index (χ1v) is 6.62. The van der Waals surface area contributed by atoms with Crippen LogP contribution in [0.15, 0.2) is 24.3 Å². The number of nitrogens with two attached hydrogens (primary N) is 1. The standard InChI is InChI=1S/C15H25NO/c1-4-6-8-12(5-2)15(16)13-9-7-10-14(11-13)17-3/h7,9-12,15H,4-6,8,16H2,1-3H3. The Balaban J connectivity index is 2.74. The van der Waals surface area contributed by atoms with Crippen LogP contribution >= 0.6 is 0 Å². The molecule has 0 amide bonds. The van der Waals surface area contributed by atoms with Crippen molar-refractivity contribution in [3.05, 3.63) is 29.8 Å². The molecular weight excluding hydrogens is 210 g/mol. The molecule has 96 valence electrons. The van der Waals surface area contributed by atoms with Gasteiger partial charge in [0.2, 0.25) is 0 Å². The van der Waals surface area contributed by atoms with Gasteiger partial charge in [-0.05, 0) is 30.0 Å². The molecule has 0 heterocycles. The van der Waals surface area contributed by atoms with Crippen LogP contribution in [0.2, 0.25) is 0 Å². The first-order valence-electron chi connectivity index (χ1n) is 6.62. The summed E-state index contributed by atoms with van der Waals surface area (Å²) in [7, 11) is 1.69. The summed E-state index contributed by atoms with van der Waals surface area (Å²) in [5.74, 6) is 1.46. The van der Waals surface area contributed by atoms with Gasteiger partial charge in [0.1, 0.15) is 5.75 Å². The van der Waals surface area contributed by atoms with E-state index in [-0.39, 0.29) is 6.04 Å². The van der Waals surface area contributed by atoms with Crippen molar-refractivity contribution < 1.29 is 4.74 Å². The maximum absolute atomic E-state index is 6.36. The smallest absolute Gasteiger partial charge is 0.119 e. The van der Waals surface area contributed by atoms with Crippen LogP contribution in [0.25, 0.3) is 0 Å². The SMILES string of the molecule is CCCCC(CC)C(N)c1cccc(OC)c1. The lowest BCUT2D eigenvalue weighted by Crippen LogP contribution is -2.21. The van der Waals surface area contributed by atoms with E-state index in [0.29, 0.717) is 5.92 Å². The summed E-state index contributed by atoms with van der Waals surface area (Å²) < 4.78 is 5.24. The summed E-state index contributed by atoms with van der Waals surface area (Å²) in [6.07, 6.45) is 4.85. The Hall–Kier alpha value is -1.02. The Kier molecular flexibility index (Phi) is 6.06. The maximum Gasteiger partial charge on any atom is 0.119 e. The number of methoxy groups -OCH3 is 1. The minimum atomic E-state index is 0.127. The van der Waals surface area contributed by atoms with E-state index in [4.69, 9.17) is 10.5 Å². The maximum atomic E-state index is 6.36. The molecule has 0 spiro atoms. The Morgan fingerprint density at radius 1 is 1.29 bits per heavy atom. The van der Waals surface area contributed by atoms with Crippen molar-refractivity contribution in [2.24, 2.45) is 11.7 Å². The Morgan fingerprint density at radius 2 is 2.06 bits per heavy atom. The zero-order valence-corrected chi connectivity index (χ0v) is 11.3. The molecule has 0 aromatic heterocycles. The van der Waals surface area contributed by atoms with Crippen molar-refractivity contribution >= 4 is 0 Å². The van der Waals surface area contributed by atoms with Gasteiger partial charge in [0.25, 0.3) is 0 Å². The van der Waals surface area contributed by atoms with Gasteiger partial charge in [-0.3, -0.25) is 0 Å². The largest absolute Gasteiger partial charge is 0.497 e. The van der Waals surface area contributed by atoms with Gasteiger partial charge in [0.05, 0.1) is 7.11 Å². The van der Waals surface area contributed by atoms with Crippen LogP contribution in [0.1, 0.15) is 51.1 Å². The third kappa shape index (κ3) is 4.04. The molecule has 2 atom stereocenters. The van der Waals surface area contributed by atoms with Crippen LogP contribution < -0.4 is 10.5 Å². The van der Waals surface area contributed by atoms with Crippen LogP contribution in [0.5, 0.6) is 5.75 Å². The monoisotopic (exact) mass is 235 g/mol. The highest BCUT2D eigenvalue weighted by atomic mass is 16.5. The molecule has 2 N–H and O–H groups in total. The fraction of sp³-hybridized carbons (Fsp3) is 0.600. The lowest BCUT2D eigenvalue weighted by Gasteiger charge is -2.23. The molecular formula is C15H25NO. The molecule has 2 nitrogen and oxygen atoms in total. The van der Waals surface area contributed by atoms with Crippen LogP contribution in [0, 0.1) is 5.92 Å². The predicted octanol–water partition coefficient (Wildman–Crippen LogP) is 3.91. The normalized spacial score (nSPS) is 14.4. The minimum Gasteiger partial charge on any atom is -0.497 e. The molecule has 0 saturated carbocycles. The zero-order valence-electron chi connectivity index (χ0n) is 11.3. The molecule has 1 rings (SSSR count). The second kappa shape index (κ2) is 7.33. The van der Waals surface area contributed by atoms with Gasteiger partial charge in [0.15, 0.2) is 0 Å². The first-order chi connectivity index (χ1) is 8.22. The van der Waals surface area contributed by atoms with Gasteiger partial charge in [0, 0.05) is 6.04 Å². The quantitative estimate of drug-likeness (QED) is 0.777. The highest BCUT2D eigenvalue weighted by Gasteiger charge is 2.17. The van der Waals surface area contributed by atoms with Gasteiger partial charge in [-0.2, -0.15) is 0 Å². The molecule has 0 aliphatic rings. The van der Waals surface area contributed by atoms with E-state index in [1.807, 2.05) is 12.1 Å². The van der Waals surface area contributed by atoms with Crippen LogP contribution in [-0.2, 0) is 0 Å². The van der Waals surface area contributed by atoms with Crippen molar-refractivity contribution in [1.82, 2.24) is 0 Å². The highest BCUT2D eigenvalue weighted by Crippen LogP contribution is 2.28. The van der Waals surface area contributed by atoms with Crippen LogP contribution in [0.3, 0.4) is 0 Å².